The van der Waals surface area contributed by atoms with Gasteiger partial charge in [0.15, 0.2) is 0 Å². The van der Waals surface area contributed by atoms with E-state index < -0.39 is 0 Å². The zero-order valence-corrected chi connectivity index (χ0v) is 18.1. The van der Waals surface area contributed by atoms with Crippen LogP contribution in [0.1, 0.15) is 59.0 Å². The lowest BCUT2D eigenvalue weighted by atomic mass is 9.99. The van der Waals surface area contributed by atoms with E-state index in [0.29, 0.717) is 24.3 Å². The molecule has 29 heavy (non-hydrogen) atoms. The first kappa shape index (κ1) is 21.5. The van der Waals surface area contributed by atoms with E-state index in [4.69, 9.17) is 4.74 Å². The van der Waals surface area contributed by atoms with Crippen LogP contribution in [0.25, 0.3) is 0 Å². The summed E-state index contributed by atoms with van der Waals surface area (Å²) in [6.45, 7) is 3.23. The normalized spacial score (nSPS) is 16.6. The molecule has 0 saturated carbocycles. The number of aromatic nitrogens is 1. The molecule has 0 bridgehead atoms. The van der Waals surface area contributed by atoms with Crippen LogP contribution in [0.4, 0.5) is 0 Å². The second kappa shape index (κ2) is 10.5. The lowest BCUT2D eigenvalue weighted by molar-refractivity contribution is 0.0406. The van der Waals surface area contributed by atoms with Crippen molar-refractivity contribution in [3.63, 3.8) is 0 Å². The van der Waals surface area contributed by atoms with Crippen molar-refractivity contribution in [1.82, 2.24) is 9.47 Å². The van der Waals surface area contributed by atoms with Crippen molar-refractivity contribution in [2.75, 3.05) is 18.9 Å². The standard InChI is InChI=1S/C23H30N2O3S/c1-3-29-17-18-9-11-19(12-10-18)23(27)28-16-13-20-7-4-5-15-25(20)22(26)21-8-6-14-24(21)2/h6,8-12,14,20H,3-5,7,13,15-17H2,1-2H3. The maximum atomic E-state index is 12.9. The fourth-order valence-electron chi connectivity index (χ4n) is 3.73. The van der Waals surface area contributed by atoms with Crippen LogP contribution in [-0.2, 0) is 17.5 Å². The molecule has 0 N–H and O–H groups in total. The van der Waals surface area contributed by atoms with Crippen molar-refractivity contribution in [3.05, 3.63) is 59.4 Å². The summed E-state index contributed by atoms with van der Waals surface area (Å²) >= 11 is 1.86. The number of carbonyl (C=O) groups excluding carboxylic acids is 2. The largest absolute Gasteiger partial charge is 0.462 e. The number of rotatable bonds is 8. The highest BCUT2D eigenvalue weighted by Gasteiger charge is 2.28. The summed E-state index contributed by atoms with van der Waals surface area (Å²) in [6.07, 6.45) is 5.65. The smallest absolute Gasteiger partial charge is 0.338 e. The molecule has 0 radical (unpaired) electrons. The molecule has 1 amide bonds. The van der Waals surface area contributed by atoms with Crippen LogP contribution in [0.2, 0.25) is 0 Å². The number of carbonyl (C=O) groups is 2. The summed E-state index contributed by atoms with van der Waals surface area (Å²) in [5, 5.41) is 0. The number of benzene rings is 1. The van der Waals surface area contributed by atoms with Crippen LogP contribution in [0, 0.1) is 0 Å². The second-order valence-electron chi connectivity index (χ2n) is 7.41. The van der Waals surface area contributed by atoms with E-state index >= 15 is 0 Å². The number of ether oxygens (including phenoxy) is 1. The summed E-state index contributed by atoms with van der Waals surface area (Å²) in [4.78, 5) is 27.2. The molecule has 1 fully saturated rings. The van der Waals surface area contributed by atoms with Gasteiger partial charge in [-0.2, -0.15) is 11.8 Å². The van der Waals surface area contributed by atoms with Crippen molar-refractivity contribution >= 4 is 23.6 Å². The quantitative estimate of drug-likeness (QED) is 0.596. The number of hydrogen-bond donors (Lipinski definition) is 0. The molecule has 1 aliphatic rings. The molecular formula is C23H30N2O3S. The molecule has 1 aromatic heterocycles. The minimum Gasteiger partial charge on any atom is -0.462 e. The molecule has 6 heteroatoms. The number of thioether (sulfide) groups is 1. The van der Waals surface area contributed by atoms with E-state index in [0.717, 1.165) is 37.3 Å². The van der Waals surface area contributed by atoms with Gasteiger partial charge in [0.05, 0.1) is 12.2 Å². The first-order chi connectivity index (χ1) is 14.1. The molecule has 156 valence electrons. The highest BCUT2D eigenvalue weighted by Crippen LogP contribution is 2.22. The summed E-state index contributed by atoms with van der Waals surface area (Å²) in [7, 11) is 1.89. The van der Waals surface area contributed by atoms with Gasteiger partial charge in [-0.3, -0.25) is 4.79 Å². The van der Waals surface area contributed by atoms with E-state index in [2.05, 4.69) is 6.92 Å². The third kappa shape index (κ3) is 5.66. The lowest BCUT2D eigenvalue weighted by Gasteiger charge is -2.35. The van der Waals surface area contributed by atoms with E-state index in [-0.39, 0.29) is 17.9 Å². The highest BCUT2D eigenvalue weighted by molar-refractivity contribution is 7.98. The lowest BCUT2D eigenvalue weighted by Crippen LogP contribution is -2.44. The fourth-order valence-corrected chi connectivity index (χ4v) is 4.36. The third-order valence-electron chi connectivity index (χ3n) is 5.40. The van der Waals surface area contributed by atoms with Crippen LogP contribution in [-0.4, -0.2) is 46.3 Å². The van der Waals surface area contributed by atoms with Crippen molar-refractivity contribution in [2.45, 2.75) is 44.4 Å². The predicted octanol–water partition coefficient (Wildman–Crippen LogP) is 4.52. The second-order valence-corrected chi connectivity index (χ2v) is 8.69. The average Bonchev–Trinajstić information content (AvgIpc) is 3.18. The van der Waals surface area contributed by atoms with Gasteiger partial charge in [-0.05, 0) is 54.8 Å². The Kier molecular flexibility index (Phi) is 7.81. The van der Waals surface area contributed by atoms with E-state index in [1.807, 2.05) is 70.9 Å². The summed E-state index contributed by atoms with van der Waals surface area (Å²) in [5.41, 5.74) is 2.50. The maximum Gasteiger partial charge on any atom is 0.338 e. The Hall–Kier alpha value is -2.21. The van der Waals surface area contributed by atoms with Crippen molar-refractivity contribution in [3.8, 4) is 0 Å². The highest BCUT2D eigenvalue weighted by atomic mass is 32.2. The van der Waals surface area contributed by atoms with E-state index in [1.165, 1.54) is 5.56 Å². The molecule has 0 spiro atoms. The molecular weight excluding hydrogens is 384 g/mol. The topological polar surface area (TPSA) is 51.5 Å². The Morgan fingerprint density at radius 2 is 1.97 bits per heavy atom. The molecule has 1 saturated heterocycles. The number of piperidine rings is 1. The number of aryl methyl sites for hydroxylation is 1. The van der Waals surface area contributed by atoms with Gasteiger partial charge >= 0.3 is 5.97 Å². The molecule has 2 aromatic rings. The minimum atomic E-state index is -0.296. The van der Waals surface area contributed by atoms with Gasteiger partial charge < -0.3 is 14.2 Å². The van der Waals surface area contributed by atoms with Gasteiger partial charge in [0.1, 0.15) is 5.69 Å². The van der Waals surface area contributed by atoms with Gasteiger partial charge in [0, 0.05) is 38.0 Å². The SMILES string of the molecule is CCSCc1ccc(C(=O)OCCC2CCCCN2C(=O)c2cccn2C)cc1. The van der Waals surface area contributed by atoms with Crippen molar-refractivity contribution in [1.29, 1.82) is 0 Å². The Morgan fingerprint density at radius 1 is 1.17 bits per heavy atom. The first-order valence-corrected chi connectivity index (χ1v) is 11.5. The fraction of sp³-hybridized carbons (Fsp3) is 0.478. The van der Waals surface area contributed by atoms with Gasteiger partial charge in [-0.25, -0.2) is 4.79 Å². The Bertz CT molecular complexity index is 816. The molecule has 1 aliphatic heterocycles. The number of amides is 1. The molecule has 2 heterocycles. The minimum absolute atomic E-state index is 0.0639. The number of nitrogens with zero attached hydrogens (tertiary/aromatic N) is 2. The first-order valence-electron chi connectivity index (χ1n) is 10.4. The molecule has 1 unspecified atom stereocenters. The Balaban J connectivity index is 1.52. The van der Waals surface area contributed by atoms with Gasteiger partial charge in [0.2, 0.25) is 0 Å². The molecule has 3 rings (SSSR count). The molecule has 0 aliphatic carbocycles. The van der Waals surface area contributed by atoms with Gasteiger partial charge in [0.25, 0.3) is 5.91 Å². The number of hydrogen-bond acceptors (Lipinski definition) is 4. The van der Waals surface area contributed by atoms with Crippen molar-refractivity contribution < 1.29 is 14.3 Å². The molecule has 5 nitrogen and oxygen atoms in total. The third-order valence-corrected chi connectivity index (χ3v) is 6.34. The van der Waals surface area contributed by atoms with Crippen LogP contribution in [0.3, 0.4) is 0 Å². The van der Waals surface area contributed by atoms with E-state index in [9.17, 15) is 9.59 Å². The van der Waals surface area contributed by atoms with Gasteiger partial charge in [-0.1, -0.05) is 19.1 Å². The number of likely N-dealkylation sites (tertiary alicyclic amines) is 1. The van der Waals surface area contributed by atoms with Crippen molar-refractivity contribution in [2.24, 2.45) is 7.05 Å². The maximum absolute atomic E-state index is 12.9. The zero-order valence-electron chi connectivity index (χ0n) is 17.3. The van der Waals surface area contributed by atoms with Crippen LogP contribution < -0.4 is 0 Å². The molecule has 1 aromatic carbocycles. The Labute approximate surface area is 177 Å². The summed E-state index contributed by atoms with van der Waals surface area (Å²) in [6, 6.07) is 11.5. The van der Waals surface area contributed by atoms with Crippen LogP contribution in [0.15, 0.2) is 42.6 Å². The Morgan fingerprint density at radius 3 is 2.66 bits per heavy atom. The van der Waals surface area contributed by atoms with Gasteiger partial charge in [-0.15, -0.1) is 0 Å². The van der Waals surface area contributed by atoms with E-state index in [1.54, 1.807) is 0 Å². The summed E-state index contributed by atoms with van der Waals surface area (Å²) in [5.74, 6) is 1.80. The monoisotopic (exact) mass is 414 g/mol. The van der Waals surface area contributed by atoms with Crippen LogP contribution >= 0.6 is 11.8 Å². The number of esters is 1. The predicted molar refractivity (Wildman–Crippen MR) is 117 cm³/mol. The zero-order chi connectivity index (χ0) is 20.6. The van der Waals surface area contributed by atoms with Crippen LogP contribution in [0.5, 0.6) is 0 Å². The average molecular weight is 415 g/mol. The molecule has 1 atom stereocenters. The summed E-state index contributed by atoms with van der Waals surface area (Å²) < 4.78 is 7.36.